The highest BCUT2D eigenvalue weighted by Gasteiger charge is 2.22. The molecule has 0 spiro atoms. The molecule has 1 amide bonds. The number of hydrogen-bond acceptors (Lipinski definition) is 4. The molecular weight excluding hydrogens is 362 g/mol. The van der Waals surface area contributed by atoms with Crippen LogP contribution in [0.15, 0.2) is 71.3 Å². The van der Waals surface area contributed by atoms with Gasteiger partial charge >= 0.3 is 0 Å². The van der Waals surface area contributed by atoms with Gasteiger partial charge in [0.05, 0.1) is 0 Å². The van der Waals surface area contributed by atoms with Crippen molar-refractivity contribution in [2.45, 2.75) is 33.4 Å². The van der Waals surface area contributed by atoms with Crippen molar-refractivity contribution in [3.8, 4) is 11.4 Å². The van der Waals surface area contributed by atoms with Crippen LogP contribution in [0, 0.1) is 6.92 Å². The van der Waals surface area contributed by atoms with Crippen LogP contribution in [-0.2, 0) is 6.54 Å². The monoisotopic (exact) mass is 385 g/mol. The summed E-state index contributed by atoms with van der Waals surface area (Å²) in [4.78, 5) is 19.4. The van der Waals surface area contributed by atoms with Gasteiger partial charge in [0, 0.05) is 17.2 Å². The number of nitrogens with zero attached hydrogens (tertiary/aromatic N) is 3. The fourth-order valence-electron chi connectivity index (χ4n) is 3.34. The van der Waals surface area contributed by atoms with Gasteiger partial charge < -0.3 is 9.42 Å². The molecule has 146 valence electrons. The summed E-state index contributed by atoms with van der Waals surface area (Å²) in [7, 11) is 0. The summed E-state index contributed by atoms with van der Waals surface area (Å²) in [5, 5.41) is 6.24. The minimum Gasteiger partial charge on any atom is -0.337 e. The van der Waals surface area contributed by atoms with Gasteiger partial charge in [0.2, 0.25) is 11.7 Å². The van der Waals surface area contributed by atoms with Gasteiger partial charge in [-0.1, -0.05) is 59.3 Å². The summed E-state index contributed by atoms with van der Waals surface area (Å²) < 4.78 is 5.44. The molecule has 5 heteroatoms. The molecule has 1 aromatic heterocycles. The molecule has 0 saturated heterocycles. The molecule has 4 aromatic rings. The molecule has 0 saturated carbocycles. The maximum Gasteiger partial charge on any atom is 0.254 e. The average Bonchev–Trinajstić information content (AvgIpc) is 3.20. The molecule has 4 rings (SSSR count). The van der Waals surface area contributed by atoms with Crippen LogP contribution < -0.4 is 0 Å². The van der Waals surface area contributed by atoms with Crippen LogP contribution in [0.3, 0.4) is 0 Å². The molecule has 0 aliphatic heterocycles. The number of benzene rings is 3. The topological polar surface area (TPSA) is 59.2 Å². The number of carbonyl (C=O) groups excluding carboxylic acids is 1. The minimum atomic E-state index is -0.0546. The van der Waals surface area contributed by atoms with Crippen LogP contribution in [0.5, 0.6) is 0 Å². The Bertz CT molecular complexity index is 1160. The zero-order chi connectivity index (χ0) is 20.4. The van der Waals surface area contributed by atoms with Gasteiger partial charge in [-0.15, -0.1) is 0 Å². The second-order valence-corrected chi connectivity index (χ2v) is 7.47. The lowest BCUT2D eigenvalue weighted by molar-refractivity contribution is 0.0667. The van der Waals surface area contributed by atoms with E-state index in [1.165, 1.54) is 0 Å². The molecular formula is C24H23N3O2. The van der Waals surface area contributed by atoms with Crippen molar-refractivity contribution in [1.82, 2.24) is 15.0 Å². The molecule has 3 aromatic carbocycles. The first-order valence-corrected chi connectivity index (χ1v) is 9.70. The maximum atomic E-state index is 13.2. The number of hydrogen-bond donors (Lipinski definition) is 0. The first-order chi connectivity index (χ1) is 14.0. The Balaban J connectivity index is 1.58. The first kappa shape index (κ1) is 18.9. The van der Waals surface area contributed by atoms with Crippen LogP contribution in [0.4, 0.5) is 0 Å². The number of amides is 1. The highest BCUT2D eigenvalue weighted by Crippen LogP contribution is 2.21. The highest BCUT2D eigenvalue weighted by atomic mass is 16.5. The highest BCUT2D eigenvalue weighted by molar-refractivity contribution is 5.98. The Kier molecular flexibility index (Phi) is 5.12. The van der Waals surface area contributed by atoms with E-state index >= 15 is 0 Å². The third kappa shape index (κ3) is 4.04. The zero-order valence-electron chi connectivity index (χ0n) is 16.8. The van der Waals surface area contributed by atoms with E-state index in [0.717, 1.165) is 21.9 Å². The Morgan fingerprint density at radius 2 is 1.79 bits per heavy atom. The normalized spacial score (nSPS) is 11.2. The predicted octanol–water partition coefficient (Wildman–Crippen LogP) is 5.25. The van der Waals surface area contributed by atoms with E-state index in [0.29, 0.717) is 17.3 Å². The van der Waals surface area contributed by atoms with Crippen LogP contribution >= 0.6 is 0 Å². The average molecular weight is 385 g/mol. The van der Waals surface area contributed by atoms with E-state index in [-0.39, 0.29) is 18.5 Å². The molecule has 0 unspecified atom stereocenters. The minimum absolute atomic E-state index is 0.0108. The molecule has 0 aliphatic rings. The molecule has 5 nitrogen and oxygen atoms in total. The number of rotatable bonds is 5. The smallest absolute Gasteiger partial charge is 0.254 e. The van der Waals surface area contributed by atoms with Crippen molar-refractivity contribution < 1.29 is 9.32 Å². The Hall–Kier alpha value is -3.47. The van der Waals surface area contributed by atoms with Crippen molar-refractivity contribution in [2.75, 3.05) is 0 Å². The largest absolute Gasteiger partial charge is 0.337 e. The SMILES string of the molecule is Cc1cccc(-c2noc(CN(C(=O)c3ccc4ccccc4c3)C(C)C)n2)c1. The summed E-state index contributed by atoms with van der Waals surface area (Å²) in [6.45, 7) is 6.25. The lowest BCUT2D eigenvalue weighted by atomic mass is 10.1. The van der Waals surface area contributed by atoms with Gasteiger partial charge in [-0.3, -0.25) is 4.79 Å². The van der Waals surface area contributed by atoms with Gasteiger partial charge in [-0.25, -0.2) is 0 Å². The molecule has 1 heterocycles. The third-order valence-electron chi connectivity index (χ3n) is 4.93. The number of fused-ring (bicyclic) bond motifs is 1. The Morgan fingerprint density at radius 1 is 1.00 bits per heavy atom. The van der Waals surface area contributed by atoms with E-state index in [1.54, 1.807) is 4.90 Å². The lowest BCUT2D eigenvalue weighted by Crippen LogP contribution is -2.36. The van der Waals surface area contributed by atoms with Gasteiger partial charge in [-0.2, -0.15) is 4.98 Å². The number of aryl methyl sites for hydroxylation is 1. The molecule has 0 fully saturated rings. The zero-order valence-corrected chi connectivity index (χ0v) is 16.8. The van der Waals surface area contributed by atoms with E-state index in [9.17, 15) is 4.79 Å². The van der Waals surface area contributed by atoms with Crippen LogP contribution in [0.1, 0.15) is 35.7 Å². The van der Waals surface area contributed by atoms with Crippen LogP contribution in [-0.4, -0.2) is 27.0 Å². The van der Waals surface area contributed by atoms with Gasteiger partial charge in [0.15, 0.2) is 0 Å². The molecule has 0 atom stereocenters. The fourth-order valence-corrected chi connectivity index (χ4v) is 3.34. The third-order valence-corrected chi connectivity index (χ3v) is 4.93. The summed E-state index contributed by atoms with van der Waals surface area (Å²) in [5.41, 5.74) is 2.68. The summed E-state index contributed by atoms with van der Waals surface area (Å²) >= 11 is 0. The van der Waals surface area contributed by atoms with Crippen molar-refractivity contribution in [3.63, 3.8) is 0 Å². The second-order valence-electron chi connectivity index (χ2n) is 7.47. The molecule has 29 heavy (non-hydrogen) atoms. The van der Waals surface area contributed by atoms with E-state index in [1.807, 2.05) is 87.5 Å². The van der Waals surface area contributed by atoms with Crippen molar-refractivity contribution in [2.24, 2.45) is 0 Å². The Labute approximate surface area is 170 Å². The van der Waals surface area contributed by atoms with E-state index < -0.39 is 0 Å². The molecule has 0 radical (unpaired) electrons. The first-order valence-electron chi connectivity index (χ1n) is 9.70. The lowest BCUT2D eigenvalue weighted by Gasteiger charge is -2.25. The number of aromatic nitrogens is 2. The second kappa shape index (κ2) is 7.87. The predicted molar refractivity (Wildman–Crippen MR) is 113 cm³/mol. The molecule has 0 N–H and O–H groups in total. The van der Waals surface area contributed by atoms with Crippen LogP contribution in [0.25, 0.3) is 22.2 Å². The van der Waals surface area contributed by atoms with Crippen molar-refractivity contribution in [1.29, 1.82) is 0 Å². The summed E-state index contributed by atoms with van der Waals surface area (Å²) in [6.07, 6.45) is 0. The standard InChI is InChI=1S/C24H23N3O2/c1-16(2)27(24(28)21-12-11-18-8-4-5-9-19(18)14-21)15-22-25-23(26-29-22)20-10-6-7-17(3)13-20/h4-14,16H,15H2,1-3H3. The van der Waals surface area contributed by atoms with E-state index in [2.05, 4.69) is 10.1 Å². The van der Waals surface area contributed by atoms with Crippen LogP contribution in [0.2, 0.25) is 0 Å². The van der Waals surface area contributed by atoms with Gasteiger partial charge in [0.25, 0.3) is 5.91 Å². The quantitative estimate of drug-likeness (QED) is 0.471. The number of carbonyl (C=O) groups is 1. The van der Waals surface area contributed by atoms with Gasteiger partial charge in [0.1, 0.15) is 6.54 Å². The van der Waals surface area contributed by atoms with Gasteiger partial charge in [-0.05, 0) is 49.7 Å². The fraction of sp³-hybridized carbons (Fsp3) is 0.208. The summed E-state index contributed by atoms with van der Waals surface area (Å²) in [6, 6.07) is 21.7. The summed E-state index contributed by atoms with van der Waals surface area (Å²) in [5.74, 6) is 0.899. The van der Waals surface area contributed by atoms with E-state index in [4.69, 9.17) is 4.52 Å². The van der Waals surface area contributed by atoms with Crippen molar-refractivity contribution >= 4 is 16.7 Å². The molecule has 0 aliphatic carbocycles. The molecule has 0 bridgehead atoms. The maximum absolute atomic E-state index is 13.2. The Morgan fingerprint density at radius 3 is 2.55 bits per heavy atom. The van der Waals surface area contributed by atoms with Crippen molar-refractivity contribution in [3.05, 3.63) is 83.7 Å².